The summed E-state index contributed by atoms with van der Waals surface area (Å²) in [5.74, 6) is 0. The van der Waals surface area contributed by atoms with Gasteiger partial charge in [-0.25, -0.2) is 4.79 Å². The number of halogens is 1. The smallest absolute Gasteiger partial charge is 0.410 e. The van der Waals surface area contributed by atoms with Crippen molar-refractivity contribution in [3.63, 3.8) is 0 Å². The van der Waals surface area contributed by atoms with Crippen molar-refractivity contribution in [1.82, 2.24) is 15.2 Å². The van der Waals surface area contributed by atoms with Crippen LogP contribution in [0.3, 0.4) is 0 Å². The number of carbonyl (C=O) groups excluding carboxylic acids is 1. The summed E-state index contributed by atoms with van der Waals surface area (Å²) in [5, 5.41) is 4.78. The molecule has 1 aliphatic heterocycles. The quantitative estimate of drug-likeness (QED) is 0.595. The second-order valence-electron chi connectivity index (χ2n) is 7.36. The molecule has 0 radical (unpaired) electrons. The first-order valence-electron chi connectivity index (χ1n) is 9.38. The predicted molar refractivity (Wildman–Crippen MR) is 111 cm³/mol. The second-order valence-corrected chi connectivity index (χ2v) is 9.04. The van der Waals surface area contributed by atoms with Gasteiger partial charge in [-0.1, -0.05) is 35.9 Å². The number of fused-ring (bicyclic) bond motifs is 2. The fourth-order valence-corrected chi connectivity index (χ4v) is 5.47. The Morgan fingerprint density at radius 2 is 2.21 bits per heavy atom. The lowest BCUT2D eigenvalue weighted by molar-refractivity contribution is 0.126. The summed E-state index contributed by atoms with van der Waals surface area (Å²) in [4.78, 5) is 18.8. The number of aromatic nitrogens is 1. The molecule has 1 fully saturated rings. The SMILES string of the molecule is NC[C@@H]1CN([C@@H]2c3ccccc3C[C@H]2NCc2cc3cc(Cl)sc3[nH]2)C(=O)O1. The summed E-state index contributed by atoms with van der Waals surface area (Å²) in [6, 6.07) is 12.5. The van der Waals surface area contributed by atoms with E-state index in [9.17, 15) is 4.79 Å². The lowest BCUT2D eigenvalue weighted by Crippen LogP contribution is -2.42. The van der Waals surface area contributed by atoms with E-state index in [2.05, 4.69) is 28.5 Å². The molecular formula is C20H21ClN4O2S. The molecule has 1 aliphatic carbocycles. The third-order valence-electron chi connectivity index (χ3n) is 5.58. The molecule has 2 aromatic heterocycles. The number of aromatic amines is 1. The van der Waals surface area contributed by atoms with Crippen LogP contribution in [0.2, 0.25) is 4.34 Å². The molecule has 28 heavy (non-hydrogen) atoms. The molecule has 4 N–H and O–H groups in total. The van der Waals surface area contributed by atoms with Crippen LogP contribution < -0.4 is 11.1 Å². The van der Waals surface area contributed by atoms with Gasteiger partial charge in [0.05, 0.1) is 16.9 Å². The van der Waals surface area contributed by atoms with Crippen molar-refractivity contribution >= 4 is 39.2 Å². The van der Waals surface area contributed by atoms with Gasteiger partial charge in [0.2, 0.25) is 0 Å². The van der Waals surface area contributed by atoms with Gasteiger partial charge < -0.3 is 20.8 Å². The number of amides is 1. The largest absolute Gasteiger partial charge is 0.443 e. The highest BCUT2D eigenvalue weighted by molar-refractivity contribution is 7.22. The number of H-pyrrole nitrogens is 1. The molecule has 3 heterocycles. The number of carbonyl (C=O) groups is 1. The molecule has 0 bridgehead atoms. The van der Waals surface area contributed by atoms with Crippen LogP contribution in [0.25, 0.3) is 10.2 Å². The zero-order chi connectivity index (χ0) is 19.3. The number of nitrogens with one attached hydrogen (secondary N) is 2. The fraction of sp³-hybridized carbons (Fsp3) is 0.350. The molecular weight excluding hydrogens is 396 g/mol. The number of hydrogen-bond acceptors (Lipinski definition) is 5. The summed E-state index contributed by atoms with van der Waals surface area (Å²) in [5.41, 5.74) is 9.29. The summed E-state index contributed by atoms with van der Waals surface area (Å²) in [6.45, 7) is 1.57. The topological polar surface area (TPSA) is 83.4 Å². The molecule has 3 atom stereocenters. The minimum absolute atomic E-state index is 0.0502. The third-order valence-corrected chi connectivity index (χ3v) is 6.78. The second kappa shape index (κ2) is 7.08. The maximum Gasteiger partial charge on any atom is 0.410 e. The average molecular weight is 417 g/mol. The maximum atomic E-state index is 12.5. The van der Waals surface area contributed by atoms with Crippen LogP contribution in [-0.2, 0) is 17.7 Å². The Labute approximate surface area is 171 Å². The van der Waals surface area contributed by atoms with Crippen LogP contribution >= 0.6 is 22.9 Å². The van der Waals surface area contributed by atoms with Crippen molar-refractivity contribution in [1.29, 1.82) is 0 Å². The molecule has 6 nitrogen and oxygen atoms in total. The normalized spacial score (nSPS) is 24.1. The van der Waals surface area contributed by atoms with E-state index in [1.807, 2.05) is 23.1 Å². The average Bonchev–Trinajstić information content (AvgIpc) is 3.40. The predicted octanol–water partition coefficient (Wildman–Crippen LogP) is 3.42. The van der Waals surface area contributed by atoms with Crippen molar-refractivity contribution < 1.29 is 9.53 Å². The zero-order valence-corrected chi connectivity index (χ0v) is 16.7. The first kappa shape index (κ1) is 18.0. The van der Waals surface area contributed by atoms with Crippen molar-refractivity contribution in [3.05, 3.63) is 57.6 Å². The molecule has 1 amide bonds. The minimum Gasteiger partial charge on any atom is -0.443 e. The van der Waals surface area contributed by atoms with Gasteiger partial charge in [0, 0.05) is 30.2 Å². The summed E-state index contributed by atoms with van der Waals surface area (Å²) >= 11 is 7.61. The molecule has 8 heteroatoms. The van der Waals surface area contributed by atoms with Gasteiger partial charge >= 0.3 is 6.09 Å². The van der Waals surface area contributed by atoms with Crippen molar-refractivity contribution in [2.24, 2.45) is 5.73 Å². The third kappa shape index (κ3) is 3.08. The molecule has 1 aromatic carbocycles. The Bertz CT molecular complexity index is 1000. The Hall–Kier alpha value is -2.06. The first-order valence-corrected chi connectivity index (χ1v) is 10.6. The highest BCUT2D eigenvalue weighted by Crippen LogP contribution is 2.38. The molecule has 5 rings (SSSR count). The van der Waals surface area contributed by atoms with Crippen LogP contribution in [0.4, 0.5) is 4.79 Å². The Morgan fingerprint density at radius 1 is 1.36 bits per heavy atom. The van der Waals surface area contributed by atoms with Gasteiger partial charge in [0.25, 0.3) is 0 Å². The number of nitrogens with two attached hydrogens (primary N) is 1. The molecule has 0 unspecified atom stereocenters. The van der Waals surface area contributed by atoms with Crippen LogP contribution in [0, 0.1) is 0 Å². The van der Waals surface area contributed by atoms with E-state index in [1.54, 1.807) is 11.3 Å². The lowest BCUT2D eigenvalue weighted by Gasteiger charge is -2.29. The van der Waals surface area contributed by atoms with Crippen LogP contribution in [0.1, 0.15) is 22.9 Å². The van der Waals surface area contributed by atoms with E-state index in [0.29, 0.717) is 19.6 Å². The van der Waals surface area contributed by atoms with Crippen LogP contribution in [0.15, 0.2) is 36.4 Å². The van der Waals surface area contributed by atoms with E-state index in [1.165, 1.54) is 11.1 Å². The van der Waals surface area contributed by atoms with Gasteiger partial charge in [0.1, 0.15) is 10.9 Å². The van der Waals surface area contributed by atoms with Gasteiger partial charge in [-0.3, -0.25) is 4.90 Å². The molecule has 1 saturated heterocycles. The van der Waals surface area contributed by atoms with Crippen molar-refractivity contribution in [3.8, 4) is 0 Å². The number of cyclic esters (lactones) is 1. The number of ether oxygens (including phenoxy) is 1. The first-order chi connectivity index (χ1) is 13.6. The van der Waals surface area contributed by atoms with Crippen molar-refractivity contribution in [2.75, 3.05) is 13.1 Å². The van der Waals surface area contributed by atoms with E-state index in [0.717, 1.165) is 26.7 Å². The van der Waals surface area contributed by atoms with E-state index in [-0.39, 0.29) is 24.3 Å². The minimum atomic E-state index is -0.279. The zero-order valence-electron chi connectivity index (χ0n) is 15.2. The van der Waals surface area contributed by atoms with Gasteiger partial charge in [-0.15, -0.1) is 11.3 Å². The van der Waals surface area contributed by atoms with Gasteiger partial charge in [-0.05, 0) is 29.7 Å². The number of benzene rings is 1. The fourth-order valence-electron chi connectivity index (χ4n) is 4.32. The lowest BCUT2D eigenvalue weighted by atomic mass is 10.0. The molecule has 146 valence electrons. The van der Waals surface area contributed by atoms with Gasteiger partial charge in [-0.2, -0.15) is 0 Å². The Morgan fingerprint density at radius 3 is 3.00 bits per heavy atom. The Kier molecular flexibility index (Phi) is 4.55. The maximum absolute atomic E-state index is 12.5. The molecule has 0 spiro atoms. The van der Waals surface area contributed by atoms with Crippen LogP contribution in [0.5, 0.6) is 0 Å². The number of rotatable bonds is 5. The summed E-state index contributed by atoms with van der Waals surface area (Å²) < 4.78 is 6.21. The van der Waals surface area contributed by atoms with E-state index >= 15 is 0 Å². The summed E-state index contributed by atoms with van der Waals surface area (Å²) in [7, 11) is 0. The monoisotopic (exact) mass is 416 g/mol. The number of thiophene rings is 1. The van der Waals surface area contributed by atoms with Crippen molar-refractivity contribution in [2.45, 2.75) is 31.2 Å². The standard InChI is InChI=1S/C20H21ClN4O2S/c21-17-7-12-5-13(24-19(12)28-17)9-23-16-6-11-3-1-2-4-15(11)18(16)25-10-14(8-22)27-20(25)26/h1-5,7,14,16,18,23-24H,6,8-10,22H2/t14-,16-,18-/m1/s1. The van der Waals surface area contributed by atoms with E-state index < -0.39 is 0 Å². The number of nitrogens with zero attached hydrogens (tertiary/aromatic N) is 1. The number of hydrogen-bond donors (Lipinski definition) is 3. The molecule has 2 aliphatic rings. The molecule has 0 saturated carbocycles. The Balaban J connectivity index is 1.38. The summed E-state index contributed by atoms with van der Waals surface area (Å²) in [6.07, 6.45) is 0.360. The van der Waals surface area contributed by atoms with Crippen LogP contribution in [-0.4, -0.2) is 41.2 Å². The highest BCUT2D eigenvalue weighted by Gasteiger charge is 2.43. The van der Waals surface area contributed by atoms with E-state index in [4.69, 9.17) is 22.1 Å². The molecule has 3 aromatic rings. The highest BCUT2D eigenvalue weighted by atomic mass is 35.5. The van der Waals surface area contributed by atoms with Gasteiger partial charge in [0.15, 0.2) is 0 Å².